The smallest absolute Gasteiger partial charge is 0.243 e. The van der Waals surface area contributed by atoms with Crippen LogP contribution in [0.15, 0.2) is 62.4 Å². The molecule has 1 aromatic heterocycles. The average Bonchev–Trinajstić information content (AvgIpc) is 3.19. The summed E-state index contributed by atoms with van der Waals surface area (Å²) < 4.78 is 33.9. The van der Waals surface area contributed by atoms with Crippen molar-refractivity contribution in [1.82, 2.24) is 14.4 Å². The molecule has 28 heavy (non-hydrogen) atoms. The zero-order chi connectivity index (χ0) is 19.7. The topological polar surface area (TPSA) is 76.3 Å². The van der Waals surface area contributed by atoms with E-state index in [1.807, 2.05) is 43.3 Å². The molecule has 0 spiro atoms. The number of aryl methyl sites for hydroxylation is 1. The molecule has 1 fully saturated rings. The highest BCUT2D eigenvalue weighted by Gasteiger charge is 2.33. The molecular weight excluding hydrogens is 442 g/mol. The minimum absolute atomic E-state index is 0.109. The van der Waals surface area contributed by atoms with Gasteiger partial charge in [0.05, 0.1) is 10.8 Å². The van der Waals surface area contributed by atoms with Crippen LogP contribution >= 0.6 is 15.9 Å². The lowest BCUT2D eigenvalue weighted by Crippen LogP contribution is -2.39. The van der Waals surface area contributed by atoms with E-state index in [2.05, 4.69) is 26.1 Å². The van der Waals surface area contributed by atoms with E-state index < -0.39 is 10.0 Å². The van der Waals surface area contributed by atoms with Crippen molar-refractivity contribution in [2.45, 2.75) is 30.6 Å². The number of benzene rings is 2. The van der Waals surface area contributed by atoms with E-state index in [-0.39, 0.29) is 5.92 Å². The molecule has 2 heterocycles. The van der Waals surface area contributed by atoms with Gasteiger partial charge in [-0.3, -0.25) is 0 Å². The lowest BCUT2D eigenvalue weighted by atomic mass is 10.00. The molecule has 3 aromatic rings. The second-order valence-electron chi connectivity index (χ2n) is 6.98. The number of aromatic nitrogens is 2. The highest BCUT2D eigenvalue weighted by Crippen LogP contribution is 2.31. The zero-order valence-corrected chi connectivity index (χ0v) is 17.8. The average molecular weight is 462 g/mol. The molecule has 8 heteroatoms. The SMILES string of the molecule is Cc1ccc(S(=O)(=O)N2CCC[C@H](c3nc(-c4cccc(Br)c4)no3)C2)cc1. The molecule has 4 rings (SSSR count). The van der Waals surface area contributed by atoms with Crippen molar-refractivity contribution < 1.29 is 12.9 Å². The van der Waals surface area contributed by atoms with Crippen molar-refractivity contribution in [2.24, 2.45) is 0 Å². The lowest BCUT2D eigenvalue weighted by molar-refractivity contribution is 0.265. The summed E-state index contributed by atoms with van der Waals surface area (Å²) in [5, 5.41) is 4.08. The van der Waals surface area contributed by atoms with E-state index in [1.165, 1.54) is 4.31 Å². The summed E-state index contributed by atoms with van der Waals surface area (Å²) in [5.41, 5.74) is 1.88. The van der Waals surface area contributed by atoms with E-state index >= 15 is 0 Å². The van der Waals surface area contributed by atoms with Crippen LogP contribution in [0.3, 0.4) is 0 Å². The normalized spacial score (nSPS) is 18.3. The zero-order valence-electron chi connectivity index (χ0n) is 15.4. The molecule has 0 radical (unpaired) electrons. The van der Waals surface area contributed by atoms with Crippen LogP contribution in [-0.4, -0.2) is 36.0 Å². The maximum absolute atomic E-state index is 13.0. The molecule has 0 bridgehead atoms. The molecule has 1 saturated heterocycles. The molecule has 0 saturated carbocycles. The molecule has 6 nitrogen and oxygen atoms in total. The van der Waals surface area contributed by atoms with Gasteiger partial charge in [-0.25, -0.2) is 8.42 Å². The molecule has 0 N–H and O–H groups in total. The van der Waals surface area contributed by atoms with Gasteiger partial charge in [-0.05, 0) is 44.0 Å². The standard InChI is InChI=1S/C20H20BrN3O3S/c1-14-7-9-18(10-8-14)28(25,26)24-11-3-5-16(13-24)20-22-19(23-27-20)15-4-2-6-17(21)12-15/h2,4,6-10,12,16H,3,5,11,13H2,1H3/t16-/m0/s1. The number of sulfonamides is 1. The Morgan fingerprint density at radius 2 is 1.96 bits per heavy atom. The Hall–Kier alpha value is -2.03. The number of hydrogen-bond acceptors (Lipinski definition) is 5. The Labute approximate surface area is 172 Å². The Kier molecular flexibility index (Phi) is 5.35. The summed E-state index contributed by atoms with van der Waals surface area (Å²) in [4.78, 5) is 4.84. The quantitative estimate of drug-likeness (QED) is 0.576. The third-order valence-electron chi connectivity index (χ3n) is 4.92. The van der Waals surface area contributed by atoms with E-state index in [4.69, 9.17) is 4.52 Å². The largest absolute Gasteiger partial charge is 0.339 e. The molecule has 2 aromatic carbocycles. The Bertz CT molecular complexity index is 1080. The van der Waals surface area contributed by atoms with Crippen molar-refractivity contribution in [1.29, 1.82) is 0 Å². The third kappa shape index (κ3) is 3.90. The maximum atomic E-state index is 13.0. The fourth-order valence-electron chi connectivity index (χ4n) is 3.37. The molecule has 146 valence electrons. The number of rotatable bonds is 4. The summed E-state index contributed by atoms with van der Waals surface area (Å²) in [7, 11) is -3.53. The molecule has 1 aliphatic rings. The summed E-state index contributed by atoms with van der Waals surface area (Å²) in [6.07, 6.45) is 1.57. The van der Waals surface area contributed by atoms with Crippen LogP contribution in [0.2, 0.25) is 0 Å². The van der Waals surface area contributed by atoms with E-state index in [9.17, 15) is 8.42 Å². The first-order valence-corrected chi connectivity index (χ1v) is 11.3. The number of piperidine rings is 1. The highest BCUT2D eigenvalue weighted by molar-refractivity contribution is 9.10. The molecule has 0 amide bonds. The van der Waals surface area contributed by atoms with Crippen molar-refractivity contribution in [2.75, 3.05) is 13.1 Å². The predicted octanol–water partition coefficient (Wildman–Crippen LogP) is 4.38. The van der Waals surface area contributed by atoms with Crippen LogP contribution in [0.1, 0.15) is 30.2 Å². The monoisotopic (exact) mass is 461 g/mol. The minimum atomic E-state index is -3.53. The fraction of sp³-hybridized carbons (Fsp3) is 0.300. The summed E-state index contributed by atoms with van der Waals surface area (Å²) in [6.45, 7) is 2.78. The Morgan fingerprint density at radius 1 is 1.18 bits per heavy atom. The van der Waals surface area contributed by atoms with Crippen LogP contribution in [0.4, 0.5) is 0 Å². The van der Waals surface area contributed by atoms with Gasteiger partial charge in [0.25, 0.3) is 0 Å². The molecular formula is C20H20BrN3O3S. The van der Waals surface area contributed by atoms with Gasteiger partial charge in [-0.1, -0.05) is 50.9 Å². The molecule has 1 aliphatic heterocycles. The summed E-state index contributed by atoms with van der Waals surface area (Å²) >= 11 is 3.44. The van der Waals surface area contributed by atoms with Crippen molar-refractivity contribution in [3.8, 4) is 11.4 Å². The molecule has 1 atom stereocenters. The van der Waals surface area contributed by atoms with E-state index in [0.29, 0.717) is 29.7 Å². The van der Waals surface area contributed by atoms with Crippen LogP contribution in [-0.2, 0) is 10.0 Å². The number of nitrogens with zero attached hydrogens (tertiary/aromatic N) is 3. The van der Waals surface area contributed by atoms with Gasteiger partial charge in [0.15, 0.2) is 0 Å². The minimum Gasteiger partial charge on any atom is -0.339 e. The second-order valence-corrected chi connectivity index (χ2v) is 9.84. The van der Waals surface area contributed by atoms with Crippen LogP contribution < -0.4 is 0 Å². The van der Waals surface area contributed by atoms with Crippen LogP contribution in [0.25, 0.3) is 11.4 Å². The second kappa shape index (κ2) is 7.77. The fourth-order valence-corrected chi connectivity index (χ4v) is 5.29. The van der Waals surface area contributed by atoms with Crippen molar-refractivity contribution in [3.63, 3.8) is 0 Å². The van der Waals surface area contributed by atoms with Crippen molar-refractivity contribution in [3.05, 3.63) is 64.5 Å². The van der Waals surface area contributed by atoms with Gasteiger partial charge in [0.1, 0.15) is 0 Å². The molecule has 0 aliphatic carbocycles. The van der Waals surface area contributed by atoms with Crippen LogP contribution in [0, 0.1) is 6.92 Å². The van der Waals surface area contributed by atoms with Gasteiger partial charge >= 0.3 is 0 Å². The summed E-state index contributed by atoms with van der Waals surface area (Å²) in [5.74, 6) is 0.885. The summed E-state index contributed by atoms with van der Waals surface area (Å²) in [6, 6.07) is 14.6. The number of hydrogen-bond donors (Lipinski definition) is 0. The van der Waals surface area contributed by atoms with Crippen LogP contribution in [0.5, 0.6) is 0 Å². The maximum Gasteiger partial charge on any atom is 0.243 e. The van der Waals surface area contributed by atoms with Crippen molar-refractivity contribution >= 4 is 26.0 Å². The Balaban J connectivity index is 1.55. The van der Waals surface area contributed by atoms with Gasteiger partial charge in [-0.15, -0.1) is 0 Å². The highest BCUT2D eigenvalue weighted by atomic mass is 79.9. The van der Waals surface area contributed by atoms with Gasteiger partial charge in [-0.2, -0.15) is 9.29 Å². The van der Waals surface area contributed by atoms with Gasteiger partial charge < -0.3 is 4.52 Å². The Morgan fingerprint density at radius 3 is 2.71 bits per heavy atom. The first kappa shape index (κ1) is 19.3. The van der Waals surface area contributed by atoms with E-state index in [1.54, 1.807) is 12.1 Å². The predicted molar refractivity (Wildman–Crippen MR) is 109 cm³/mol. The van der Waals surface area contributed by atoms with E-state index in [0.717, 1.165) is 28.4 Å². The van der Waals surface area contributed by atoms with Gasteiger partial charge in [0, 0.05) is 23.1 Å². The number of halogens is 1. The lowest BCUT2D eigenvalue weighted by Gasteiger charge is -2.30. The molecule has 0 unspecified atom stereocenters. The first-order valence-electron chi connectivity index (χ1n) is 9.10. The third-order valence-corrected chi connectivity index (χ3v) is 7.29. The van der Waals surface area contributed by atoms with Gasteiger partial charge in [0.2, 0.25) is 21.7 Å². The first-order chi connectivity index (χ1) is 13.4.